The third-order valence-electron chi connectivity index (χ3n) is 6.34. The molecule has 1 fully saturated rings. The fraction of sp³-hybridized carbons (Fsp3) is 0.259. The van der Waals surface area contributed by atoms with Crippen LogP contribution in [0, 0.1) is 6.92 Å². The van der Waals surface area contributed by atoms with Crippen molar-refractivity contribution in [3.63, 3.8) is 0 Å². The van der Waals surface area contributed by atoms with E-state index in [1.807, 2.05) is 12.1 Å². The monoisotopic (exact) mass is 496 g/mol. The van der Waals surface area contributed by atoms with E-state index in [9.17, 15) is 22.8 Å². The Balaban J connectivity index is 1.42. The van der Waals surface area contributed by atoms with Crippen molar-refractivity contribution in [1.82, 2.24) is 5.32 Å². The lowest BCUT2D eigenvalue weighted by atomic mass is 10.0. The average molecular weight is 497 g/mol. The second kappa shape index (κ2) is 10.3. The molecule has 1 aliphatic heterocycles. The first-order chi connectivity index (χ1) is 17.1. The van der Waals surface area contributed by atoms with Crippen molar-refractivity contribution >= 4 is 23.2 Å². The lowest BCUT2D eigenvalue weighted by molar-refractivity contribution is -0.137. The predicted molar refractivity (Wildman–Crippen MR) is 133 cm³/mol. The number of para-hydroxylation sites is 1. The number of carbonyl (C=O) groups is 2. The molecule has 1 heterocycles. The van der Waals surface area contributed by atoms with E-state index in [1.54, 1.807) is 12.1 Å². The van der Waals surface area contributed by atoms with Gasteiger partial charge >= 0.3 is 6.18 Å². The van der Waals surface area contributed by atoms with Gasteiger partial charge in [-0.15, -0.1) is 0 Å². The number of piperazine rings is 1. The second-order valence-corrected chi connectivity index (χ2v) is 8.73. The average Bonchev–Trinajstić information content (AvgIpc) is 2.87. The number of benzene rings is 3. The zero-order chi connectivity index (χ0) is 25.9. The van der Waals surface area contributed by atoms with Gasteiger partial charge < -0.3 is 20.9 Å². The first-order valence-corrected chi connectivity index (χ1v) is 11.6. The van der Waals surface area contributed by atoms with E-state index in [1.165, 1.54) is 29.4 Å². The van der Waals surface area contributed by atoms with E-state index in [-0.39, 0.29) is 17.7 Å². The summed E-state index contributed by atoms with van der Waals surface area (Å²) in [6.45, 7) is 5.05. The fourth-order valence-electron chi connectivity index (χ4n) is 4.35. The Morgan fingerprint density at radius 3 is 2.08 bits per heavy atom. The van der Waals surface area contributed by atoms with Crippen LogP contribution in [0.4, 0.5) is 24.5 Å². The van der Waals surface area contributed by atoms with E-state index in [4.69, 9.17) is 5.73 Å². The van der Waals surface area contributed by atoms with Crippen LogP contribution in [0.5, 0.6) is 0 Å². The number of alkyl halides is 3. The fourth-order valence-corrected chi connectivity index (χ4v) is 4.35. The van der Waals surface area contributed by atoms with Gasteiger partial charge in [-0.05, 0) is 54.4 Å². The van der Waals surface area contributed by atoms with Crippen molar-refractivity contribution in [3.8, 4) is 0 Å². The number of nitrogens with one attached hydrogen (secondary N) is 1. The Morgan fingerprint density at radius 2 is 1.50 bits per heavy atom. The van der Waals surface area contributed by atoms with Gasteiger partial charge in [0.05, 0.1) is 11.1 Å². The van der Waals surface area contributed by atoms with E-state index in [2.05, 4.69) is 34.2 Å². The van der Waals surface area contributed by atoms with Crippen molar-refractivity contribution in [2.24, 2.45) is 5.73 Å². The molecule has 0 spiro atoms. The summed E-state index contributed by atoms with van der Waals surface area (Å²) >= 11 is 0. The summed E-state index contributed by atoms with van der Waals surface area (Å²) in [5, 5.41) is 2.68. The molecule has 0 aromatic heterocycles. The van der Waals surface area contributed by atoms with Crippen LogP contribution in [0.25, 0.3) is 0 Å². The van der Waals surface area contributed by atoms with Crippen LogP contribution in [-0.4, -0.2) is 38.0 Å². The van der Waals surface area contributed by atoms with Crippen molar-refractivity contribution in [2.75, 3.05) is 36.0 Å². The molecule has 2 amide bonds. The maximum atomic E-state index is 12.7. The summed E-state index contributed by atoms with van der Waals surface area (Å²) in [6.07, 6.45) is -4.41. The van der Waals surface area contributed by atoms with E-state index in [0.717, 1.165) is 25.2 Å². The summed E-state index contributed by atoms with van der Waals surface area (Å²) in [5.74, 6) is -1.09. The highest BCUT2D eigenvalue weighted by Gasteiger charge is 2.30. The van der Waals surface area contributed by atoms with Gasteiger partial charge in [0.2, 0.25) is 0 Å². The van der Waals surface area contributed by atoms with E-state index >= 15 is 0 Å². The number of hydrogen-bond donors (Lipinski definition) is 2. The summed E-state index contributed by atoms with van der Waals surface area (Å²) in [7, 11) is 0. The molecule has 188 valence electrons. The van der Waals surface area contributed by atoms with Gasteiger partial charge in [0.15, 0.2) is 0 Å². The summed E-state index contributed by atoms with van der Waals surface area (Å²) < 4.78 is 38.2. The summed E-state index contributed by atoms with van der Waals surface area (Å²) in [5.41, 5.74) is 8.98. The molecule has 36 heavy (non-hydrogen) atoms. The minimum Gasteiger partial charge on any atom is -0.368 e. The van der Waals surface area contributed by atoms with Crippen molar-refractivity contribution in [1.29, 1.82) is 0 Å². The lowest BCUT2D eigenvalue weighted by Crippen LogP contribution is -2.47. The minimum atomic E-state index is -4.41. The summed E-state index contributed by atoms with van der Waals surface area (Å²) in [4.78, 5) is 29.3. The van der Waals surface area contributed by atoms with Gasteiger partial charge in [-0.1, -0.05) is 30.3 Å². The van der Waals surface area contributed by atoms with Crippen LogP contribution in [0.2, 0.25) is 0 Å². The molecule has 0 saturated carbocycles. The predicted octanol–water partition coefficient (Wildman–Crippen LogP) is 4.37. The molecule has 1 aliphatic rings. The molecule has 1 saturated heterocycles. The number of carbonyl (C=O) groups excluding carboxylic acids is 2. The zero-order valence-electron chi connectivity index (χ0n) is 19.8. The van der Waals surface area contributed by atoms with Gasteiger partial charge in [0.25, 0.3) is 11.8 Å². The Bertz CT molecular complexity index is 1250. The number of primary amides is 1. The first-order valence-electron chi connectivity index (χ1n) is 11.6. The number of rotatable bonds is 6. The van der Waals surface area contributed by atoms with E-state index in [0.29, 0.717) is 24.3 Å². The van der Waals surface area contributed by atoms with Crippen LogP contribution < -0.4 is 20.9 Å². The minimum absolute atomic E-state index is 0.0471. The Hall–Kier alpha value is -4.01. The Kier molecular flexibility index (Phi) is 7.19. The maximum absolute atomic E-state index is 12.7. The van der Waals surface area contributed by atoms with Crippen molar-refractivity contribution in [2.45, 2.75) is 19.6 Å². The number of amides is 2. The maximum Gasteiger partial charge on any atom is 0.416 e. The molecular formula is C27H27F3N4O2. The Labute approximate surface area is 207 Å². The van der Waals surface area contributed by atoms with Gasteiger partial charge in [0.1, 0.15) is 0 Å². The SMILES string of the molecule is Cc1ccccc1N1CCN(c2ccc(C(=O)NCc3ccc(C(F)(F)F)cc3)cc2C(N)=O)CC1. The Morgan fingerprint density at radius 1 is 0.889 bits per heavy atom. The highest BCUT2D eigenvalue weighted by Crippen LogP contribution is 2.29. The molecular weight excluding hydrogens is 469 g/mol. The van der Waals surface area contributed by atoms with Crippen LogP contribution in [0.15, 0.2) is 66.7 Å². The third kappa shape index (κ3) is 5.62. The number of hydrogen-bond acceptors (Lipinski definition) is 4. The number of nitrogens with zero attached hydrogens (tertiary/aromatic N) is 2. The first kappa shape index (κ1) is 25.1. The zero-order valence-corrected chi connectivity index (χ0v) is 19.8. The topological polar surface area (TPSA) is 78.7 Å². The van der Waals surface area contributed by atoms with Gasteiger partial charge in [-0.3, -0.25) is 9.59 Å². The smallest absolute Gasteiger partial charge is 0.368 e. The van der Waals surface area contributed by atoms with Crippen LogP contribution in [-0.2, 0) is 12.7 Å². The normalized spacial score (nSPS) is 14.0. The molecule has 3 aromatic rings. The van der Waals surface area contributed by atoms with Gasteiger partial charge in [-0.2, -0.15) is 13.2 Å². The molecule has 3 aromatic carbocycles. The molecule has 6 nitrogen and oxygen atoms in total. The lowest BCUT2D eigenvalue weighted by Gasteiger charge is -2.38. The quantitative estimate of drug-likeness (QED) is 0.531. The number of aryl methyl sites for hydroxylation is 1. The molecule has 0 unspecified atom stereocenters. The molecule has 3 N–H and O–H groups in total. The highest BCUT2D eigenvalue weighted by molar-refractivity contribution is 6.03. The van der Waals surface area contributed by atoms with Gasteiger partial charge in [0, 0.05) is 49.7 Å². The van der Waals surface area contributed by atoms with E-state index < -0.39 is 23.6 Å². The number of nitrogens with two attached hydrogens (primary N) is 1. The molecule has 0 atom stereocenters. The van der Waals surface area contributed by atoms with Crippen LogP contribution >= 0.6 is 0 Å². The number of anilines is 2. The van der Waals surface area contributed by atoms with Gasteiger partial charge in [-0.25, -0.2) is 0 Å². The highest BCUT2D eigenvalue weighted by atomic mass is 19.4. The summed E-state index contributed by atoms with van der Waals surface area (Å²) in [6, 6.07) is 17.6. The molecule has 4 rings (SSSR count). The molecule has 0 bridgehead atoms. The molecule has 0 aliphatic carbocycles. The van der Waals surface area contributed by atoms with Crippen LogP contribution in [0.3, 0.4) is 0 Å². The van der Waals surface area contributed by atoms with Crippen molar-refractivity contribution < 1.29 is 22.8 Å². The second-order valence-electron chi connectivity index (χ2n) is 8.73. The van der Waals surface area contributed by atoms with Crippen LogP contribution in [0.1, 0.15) is 37.4 Å². The van der Waals surface area contributed by atoms with Crippen molar-refractivity contribution in [3.05, 3.63) is 94.5 Å². The molecule has 0 radical (unpaired) electrons. The third-order valence-corrected chi connectivity index (χ3v) is 6.34. The molecule has 9 heteroatoms. The largest absolute Gasteiger partial charge is 0.416 e. The number of halogens is 3. The standard InChI is InChI=1S/C27H27F3N4O2/c1-18-4-2-3-5-23(18)33-12-14-34(15-13-33)24-11-8-20(16-22(24)25(31)35)26(36)32-17-19-6-9-21(10-7-19)27(28,29)30/h2-11,16H,12-15,17H2,1H3,(H2,31,35)(H,32,36).